The average Bonchev–Trinajstić information content (AvgIpc) is 2.53. The van der Waals surface area contributed by atoms with Gasteiger partial charge < -0.3 is 10.6 Å². The van der Waals surface area contributed by atoms with Crippen LogP contribution in [0.25, 0.3) is 0 Å². The van der Waals surface area contributed by atoms with E-state index in [-0.39, 0.29) is 36.0 Å². The van der Waals surface area contributed by atoms with Gasteiger partial charge in [0.1, 0.15) is 5.82 Å². The maximum Gasteiger partial charge on any atom is 0.255 e. The van der Waals surface area contributed by atoms with Crippen molar-refractivity contribution in [2.75, 3.05) is 13.1 Å². The number of nitrogens with one attached hydrogen (secondary N) is 2. The van der Waals surface area contributed by atoms with E-state index in [9.17, 15) is 14.0 Å². The van der Waals surface area contributed by atoms with E-state index in [2.05, 4.69) is 10.6 Å². The van der Waals surface area contributed by atoms with E-state index in [0.29, 0.717) is 5.02 Å². The highest BCUT2D eigenvalue weighted by molar-refractivity contribution is 6.33. The first-order valence-corrected chi connectivity index (χ1v) is 7.96. The van der Waals surface area contributed by atoms with Gasteiger partial charge in [0, 0.05) is 18.1 Å². The number of benzene rings is 2. The SMILES string of the molecule is O=C(Cc1ccc(Cl)cc1)NCCNC(=O)c1c(F)cccc1Cl. The molecule has 0 saturated carbocycles. The maximum absolute atomic E-state index is 13.6. The van der Waals surface area contributed by atoms with Crippen LogP contribution in [0.2, 0.25) is 10.0 Å². The van der Waals surface area contributed by atoms with Crippen LogP contribution < -0.4 is 10.6 Å². The van der Waals surface area contributed by atoms with Crippen molar-refractivity contribution in [2.45, 2.75) is 6.42 Å². The van der Waals surface area contributed by atoms with Crippen LogP contribution in [0.15, 0.2) is 42.5 Å². The van der Waals surface area contributed by atoms with Crippen molar-refractivity contribution in [1.82, 2.24) is 10.6 Å². The Kier molecular flexibility index (Phi) is 6.58. The van der Waals surface area contributed by atoms with Gasteiger partial charge in [-0.05, 0) is 29.8 Å². The molecule has 24 heavy (non-hydrogen) atoms. The van der Waals surface area contributed by atoms with Crippen molar-refractivity contribution in [3.05, 3.63) is 69.5 Å². The fraction of sp³-hybridized carbons (Fsp3) is 0.176. The van der Waals surface area contributed by atoms with Crippen molar-refractivity contribution >= 4 is 35.0 Å². The van der Waals surface area contributed by atoms with E-state index in [0.717, 1.165) is 11.6 Å². The summed E-state index contributed by atoms with van der Waals surface area (Å²) in [6.45, 7) is 0.389. The molecular formula is C17H15Cl2FN2O2. The summed E-state index contributed by atoms with van der Waals surface area (Å²) in [7, 11) is 0. The molecule has 0 atom stereocenters. The summed E-state index contributed by atoms with van der Waals surface area (Å²) in [6, 6.07) is 11.0. The average molecular weight is 369 g/mol. The summed E-state index contributed by atoms with van der Waals surface area (Å²) in [5, 5.41) is 5.83. The summed E-state index contributed by atoms with van der Waals surface area (Å²) in [5.74, 6) is -1.49. The fourth-order valence-electron chi connectivity index (χ4n) is 2.03. The Morgan fingerprint density at radius 3 is 2.29 bits per heavy atom. The van der Waals surface area contributed by atoms with Gasteiger partial charge in [0.25, 0.3) is 5.91 Å². The van der Waals surface area contributed by atoms with Crippen molar-refractivity contribution in [2.24, 2.45) is 0 Å². The molecule has 0 heterocycles. The van der Waals surface area contributed by atoms with Gasteiger partial charge in [0.2, 0.25) is 5.91 Å². The number of carbonyl (C=O) groups excluding carboxylic acids is 2. The fourth-order valence-corrected chi connectivity index (χ4v) is 2.41. The molecule has 0 aliphatic carbocycles. The highest BCUT2D eigenvalue weighted by atomic mass is 35.5. The lowest BCUT2D eigenvalue weighted by Gasteiger charge is -2.09. The van der Waals surface area contributed by atoms with Crippen molar-refractivity contribution in [1.29, 1.82) is 0 Å². The Bertz CT molecular complexity index is 716. The Labute approximate surface area is 149 Å². The summed E-state index contributed by atoms with van der Waals surface area (Å²) < 4.78 is 13.6. The third-order valence-electron chi connectivity index (χ3n) is 3.20. The Balaban J connectivity index is 1.75. The van der Waals surface area contributed by atoms with Crippen LogP contribution in [0.3, 0.4) is 0 Å². The highest BCUT2D eigenvalue weighted by Gasteiger charge is 2.15. The third kappa shape index (κ3) is 5.22. The van der Waals surface area contributed by atoms with Gasteiger partial charge in [-0.25, -0.2) is 4.39 Å². The second-order valence-electron chi connectivity index (χ2n) is 5.01. The quantitative estimate of drug-likeness (QED) is 0.769. The second kappa shape index (κ2) is 8.66. The van der Waals surface area contributed by atoms with Crippen molar-refractivity contribution < 1.29 is 14.0 Å². The van der Waals surface area contributed by atoms with Gasteiger partial charge in [0.15, 0.2) is 0 Å². The number of rotatable bonds is 6. The minimum Gasteiger partial charge on any atom is -0.354 e. The first-order chi connectivity index (χ1) is 11.5. The van der Waals surface area contributed by atoms with E-state index in [1.165, 1.54) is 12.1 Å². The van der Waals surface area contributed by atoms with E-state index in [4.69, 9.17) is 23.2 Å². The van der Waals surface area contributed by atoms with Crippen molar-refractivity contribution in [3.8, 4) is 0 Å². The Morgan fingerprint density at radius 2 is 1.62 bits per heavy atom. The van der Waals surface area contributed by atoms with Crippen LogP contribution in [0.4, 0.5) is 4.39 Å². The van der Waals surface area contributed by atoms with Crippen LogP contribution in [0.1, 0.15) is 15.9 Å². The van der Waals surface area contributed by atoms with E-state index >= 15 is 0 Å². The largest absolute Gasteiger partial charge is 0.354 e. The number of hydrogen-bond donors (Lipinski definition) is 2. The maximum atomic E-state index is 13.6. The van der Waals surface area contributed by atoms with Gasteiger partial charge in [0.05, 0.1) is 17.0 Å². The molecule has 126 valence electrons. The summed E-state index contributed by atoms with van der Waals surface area (Å²) in [4.78, 5) is 23.7. The smallest absolute Gasteiger partial charge is 0.255 e. The molecule has 2 aromatic rings. The number of halogens is 3. The summed E-state index contributed by atoms with van der Waals surface area (Å²) >= 11 is 11.6. The first kappa shape index (κ1) is 18.2. The van der Waals surface area contributed by atoms with Crippen LogP contribution in [0, 0.1) is 5.82 Å². The summed E-state index contributed by atoms with van der Waals surface area (Å²) in [5.41, 5.74) is 0.630. The Morgan fingerprint density at radius 1 is 0.958 bits per heavy atom. The molecule has 7 heteroatoms. The molecule has 0 spiro atoms. The lowest BCUT2D eigenvalue weighted by molar-refractivity contribution is -0.120. The van der Waals surface area contributed by atoms with Crippen LogP contribution in [-0.2, 0) is 11.2 Å². The minimum absolute atomic E-state index is 0.0410. The van der Waals surface area contributed by atoms with E-state index in [1.807, 2.05) is 0 Å². The van der Waals surface area contributed by atoms with E-state index < -0.39 is 11.7 Å². The molecule has 0 bridgehead atoms. The molecule has 2 amide bonds. The van der Waals surface area contributed by atoms with Crippen LogP contribution in [0.5, 0.6) is 0 Å². The molecule has 0 saturated heterocycles. The number of hydrogen-bond acceptors (Lipinski definition) is 2. The predicted octanol–water partition coefficient (Wildman–Crippen LogP) is 3.22. The zero-order valence-electron chi connectivity index (χ0n) is 12.6. The standard InChI is InChI=1S/C17H15Cl2FN2O2/c18-12-6-4-11(5-7-12)10-15(23)21-8-9-22-17(24)16-13(19)2-1-3-14(16)20/h1-7H,8-10H2,(H,21,23)(H,22,24). The topological polar surface area (TPSA) is 58.2 Å². The second-order valence-corrected chi connectivity index (χ2v) is 5.85. The van der Waals surface area contributed by atoms with Crippen LogP contribution >= 0.6 is 23.2 Å². The number of carbonyl (C=O) groups is 2. The zero-order valence-corrected chi connectivity index (χ0v) is 14.1. The molecule has 0 unspecified atom stereocenters. The van der Waals surface area contributed by atoms with Gasteiger partial charge >= 0.3 is 0 Å². The van der Waals surface area contributed by atoms with Gasteiger partial charge in [-0.15, -0.1) is 0 Å². The molecule has 4 nitrogen and oxygen atoms in total. The lowest BCUT2D eigenvalue weighted by atomic mass is 10.1. The molecule has 2 N–H and O–H groups in total. The van der Waals surface area contributed by atoms with Gasteiger partial charge in [-0.1, -0.05) is 41.4 Å². The third-order valence-corrected chi connectivity index (χ3v) is 3.77. The van der Waals surface area contributed by atoms with Crippen molar-refractivity contribution in [3.63, 3.8) is 0 Å². The van der Waals surface area contributed by atoms with E-state index in [1.54, 1.807) is 24.3 Å². The monoisotopic (exact) mass is 368 g/mol. The van der Waals surface area contributed by atoms with Crippen LogP contribution in [-0.4, -0.2) is 24.9 Å². The predicted molar refractivity (Wildman–Crippen MR) is 91.9 cm³/mol. The lowest BCUT2D eigenvalue weighted by Crippen LogP contribution is -2.35. The molecule has 0 aliphatic rings. The zero-order chi connectivity index (χ0) is 17.5. The van der Waals surface area contributed by atoms with Gasteiger partial charge in [-0.3, -0.25) is 9.59 Å². The van der Waals surface area contributed by atoms with Gasteiger partial charge in [-0.2, -0.15) is 0 Å². The Hall–Kier alpha value is -2.11. The summed E-state index contributed by atoms with van der Waals surface area (Å²) in [6.07, 6.45) is 0.213. The highest BCUT2D eigenvalue weighted by Crippen LogP contribution is 2.18. The first-order valence-electron chi connectivity index (χ1n) is 7.20. The molecule has 0 aromatic heterocycles. The molecule has 0 radical (unpaired) electrons. The molecule has 2 rings (SSSR count). The molecular weight excluding hydrogens is 354 g/mol. The molecule has 0 fully saturated rings. The molecule has 2 aromatic carbocycles. The number of amides is 2. The molecule has 0 aliphatic heterocycles. The normalized spacial score (nSPS) is 10.3. The minimum atomic E-state index is -0.688.